The molecule has 1 heterocycles. The zero-order valence-electron chi connectivity index (χ0n) is 6.06. The van der Waals surface area contributed by atoms with E-state index in [-0.39, 0.29) is 0 Å². The number of rotatable bonds is 3. The van der Waals surface area contributed by atoms with E-state index in [4.69, 9.17) is 10.8 Å². The third-order valence-electron chi connectivity index (χ3n) is 1.41. The van der Waals surface area contributed by atoms with Gasteiger partial charge in [0.15, 0.2) is 5.92 Å². The fourth-order valence-corrected chi connectivity index (χ4v) is 1.55. The second-order valence-corrected chi connectivity index (χ2v) is 3.01. The number of thiophene rings is 1. The first kappa shape index (κ1) is 8.73. The fraction of sp³-hybridized carbons (Fsp3) is 0.143. The lowest BCUT2D eigenvalue weighted by atomic mass is 10.0. The predicted molar refractivity (Wildman–Crippen MR) is 43.9 cm³/mol. The molecule has 0 radical (unpaired) electrons. The Morgan fingerprint density at radius 3 is 2.58 bits per heavy atom. The largest absolute Gasteiger partial charge is 0.480 e. The van der Waals surface area contributed by atoms with Crippen molar-refractivity contribution >= 4 is 23.2 Å². The summed E-state index contributed by atoms with van der Waals surface area (Å²) in [7, 11) is 0. The molecular weight excluding hydrogens is 178 g/mol. The van der Waals surface area contributed by atoms with Crippen molar-refractivity contribution in [2.45, 2.75) is 5.92 Å². The number of hydrogen-bond acceptors (Lipinski definition) is 3. The highest BCUT2D eigenvalue weighted by atomic mass is 32.1. The number of carboxylic acid groups (broad SMARTS) is 1. The summed E-state index contributed by atoms with van der Waals surface area (Å²) in [6.45, 7) is 0. The van der Waals surface area contributed by atoms with Crippen molar-refractivity contribution in [2.24, 2.45) is 5.73 Å². The number of aliphatic carboxylic acids is 1. The highest BCUT2D eigenvalue weighted by Crippen LogP contribution is 2.18. The minimum atomic E-state index is -1.21. The lowest BCUT2D eigenvalue weighted by Gasteiger charge is -2.04. The number of primary amides is 1. The Bertz CT molecular complexity index is 280. The normalized spacial score (nSPS) is 12.3. The van der Waals surface area contributed by atoms with Crippen molar-refractivity contribution in [1.29, 1.82) is 0 Å². The molecule has 4 nitrogen and oxygen atoms in total. The molecule has 0 saturated carbocycles. The number of amides is 1. The van der Waals surface area contributed by atoms with Gasteiger partial charge >= 0.3 is 5.97 Å². The summed E-state index contributed by atoms with van der Waals surface area (Å²) in [5.74, 6) is -3.25. The average molecular weight is 185 g/mol. The smallest absolute Gasteiger partial charge is 0.320 e. The molecule has 64 valence electrons. The van der Waals surface area contributed by atoms with E-state index in [1.807, 2.05) is 0 Å². The van der Waals surface area contributed by atoms with Crippen molar-refractivity contribution in [2.75, 3.05) is 0 Å². The van der Waals surface area contributed by atoms with Crippen LogP contribution in [0.3, 0.4) is 0 Å². The summed E-state index contributed by atoms with van der Waals surface area (Å²) >= 11 is 1.33. The van der Waals surface area contributed by atoms with Gasteiger partial charge in [0.2, 0.25) is 5.91 Å². The van der Waals surface area contributed by atoms with Crippen LogP contribution in [0.2, 0.25) is 0 Å². The van der Waals surface area contributed by atoms with Gasteiger partial charge in [-0.3, -0.25) is 9.59 Å². The topological polar surface area (TPSA) is 80.4 Å². The number of carbonyl (C=O) groups is 2. The zero-order chi connectivity index (χ0) is 9.14. The van der Waals surface area contributed by atoms with Crippen molar-refractivity contribution in [3.05, 3.63) is 22.4 Å². The molecule has 0 aliphatic heterocycles. The molecule has 1 rings (SSSR count). The fourth-order valence-electron chi connectivity index (χ4n) is 0.868. The maximum Gasteiger partial charge on any atom is 0.320 e. The predicted octanol–water partition coefficient (Wildman–Crippen LogP) is 0.402. The molecule has 1 aromatic heterocycles. The number of carboxylic acids is 1. The molecule has 0 saturated heterocycles. The van der Waals surface area contributed by atoms with Crippen LogP contribution >= 0.6 is 11.3 Å². The lowest BCUT2D eigenvalue weighted by Crippen LogP contribution is -2.27. The molecular formula is C7H7NO3S. The van der Waals surface area contributed by atoms with Crippen LogP contribution in [0.1, 0.15) is 11.5 Å². The molecule has 0 bridgehead atoms. The second-order valence-electron chi connectivity index (χ2n) is 2.23. The van der Waals surface area contributed by atoms with Crippen LogP contribution < -0.4 is 5.73 Å². The Morgan fingerprint density at radius 1 is 1.58 bits per heavy atom. The van der Waals surface area contributed by atoms with Gasteiger partial charge in [-0.25, -0.2) is 0 Å². The summed E-state index contributed by atoms with van der Waals surface area (Å²) in [5, 5.41) is 11.9. The molecule has 0 aromatic carbocycles. The van der Waals surface area contributed by atoms with Gasteiger partial charge in [-0.15, -0.1) is 0 Å². The molecule has 1 unspecified atom stereocenters. The van der Waals surface area contributed by atoms with E-state index in [0.29, 0.717) is 5.56 Å². The minimum Gasteiger partial charge on any atom is -0.480 e. The van der Waals surface area contributed by atoms with Crippen LogP contribution in [0.25, 0.3) is 0 Å². The van der Waals surface area contributed by atoms with Gasteiger partial charge in [0.1, 0.15) is 0 Å². The quantitative estimate of drug-likeness (QED) is 0.669. The first-order valence-corrected chi connectivity index (χ1v) is 4.11. The van der Waals surface area contributed by atoms with Crippen LogP contribution in [-0.4, -0.2) is 17.0 Å². The molecule has 3 N–H and O–H groups in total. The first-order chi connectivity index (χ1) is 5.63. The van der Waals surface area contributed by atoms with Crippen LogP contribution in [0.4, 0.5) is 0 Å². The molecule has 0 spiro atoms. The summed E-state index contributed by atoms with van der Waals surface area (Å²) in [6, 6.07) is 1.58. The van der Waals surface area contributed by atoms with Crippen molar-refractivity contribution in [3.8, 4) is 0 Å². The van der Waals surface area contributed by atoms with E-state index >= 15 is 0 Å². The molecule has 1 atom stereocenters. The molecule has 1 amide bonds. The summed E-state index contributed by atoms with van der Waals surface area (Å²) in [5.41, 5.74) is 5.36. The number of nitrogens with two attached hydrogens (primary N) is 1. The van der Waals surface area contributed by atoms with Crippen LogP contribution in [0, 0.1) is 0 Å². The third kappa shape index (κ3) is 1.62. The number of hydrogen-bond donors (Lipinski definition) is 2. The van der Waals surface area contributed by atoms with Crippen LogP contribution in [0.15, 0.2) is 16.8 Å². The standard InChI is InChI=1S/C7H7NO3S/c8-6(9)5(7(10)11)4-1-2-12-3-4/h1-3,5H,(H2,8,9)(H,10,11). The van der Waals surface area contributed by atoms with Gasteiger partial charge in [-0.1, -0.05) is 0 Å². The average Bonchev–Trinajstić information content (AvgIpc) is 2.37. The summed E-state index contributed by atoms with van der Waals surface area (Å²) in [6.07, 6.45) is 0. The van der Waals surface area contributed by atoms with E-state index in [1.165, 1.54) is 11.3 Å². The van der Waals surface area contributed by atoms with Gasteiger partial charge in [0, 0.05) is 0 Å². The van der Waals surface area contributed by atoms with E-state index in [1.54, 1.807) is 16.8 Å². The van der Waals surface area contributed by atoms with E-state index in [2.05, 4.69) is 0 Å². The molecule has 5 heteroatoms. The van der Waals surface area contributed by atoms with Gasteiger partial charge in [0.25, 0.3) is 0 Å². The molecule has 0 aliphatic carbocycles. The Kier molecular flexibility index (Phi) is 2.44. The van der Waals surface area contributed by atoms with Gasteiger partial charge in [-0.05, 0) is 22.4 Å². The van der Waals surface area contributed by atoms with Crippen molar-refractivity contribution in [1.82, 2.24) is 0 Å². The van der Waals surface area contributed by atoms with Gasteiger partial charge < -0.3 is 10.8 Å². The maximum atomic E-state index is 10.7. The first-order valence-electron chi connectivity index (χ1n) is 3.17. The minimum absolute atomic E-state index is 0.444. The van der Waals surface area contributed by atoms with Crippen molar-refractivity contribution in [3.63, 3.8) is 0 Å². The second kappa shape index (κ2) is 3.36. The third-order valence-corrected chi connectivity index (χ3v) is 2.11. The molecule has 0 aliphatic rings. The maximum absolute atomic E-state index is 10.7. The summed E-state index contributed by atoms with van der Waals surface area (Å²) < 4.78 is 0. The lowest BCUT2D eigenvalue weighted by molar-refractivity contribution is -0.142. The highest BCUT2D eigenvalue weighted by molar-refractivity contribution is 7.08. The monoisotopic (exact) mass is 185 g/mol. The highest BCUT2D eigenvalue weighted by Gasteiger charge is 2.25. The van der Waals surface area contributed by atoms with E-state index in [9.17, 15) is 9.59 Å². The Labute approximate surface area is 72.6 Å². The van der Waals surface area contributed by atoms with Crippen molar-refractivity contribution < 1.29 is 14.7 Å². The Hall–Kier alpha value is -1.36. The van der Waals surface area contributed by atoms with E-state index in [0.717, 1.165) is 0 Å². The zero-order valence-corrected chi connectivity index (χ0v) is 6.88. The van der Waals surface area contributed by atoms with Crippen LogP contribution in [-0.2, 0) is 9.59 Å². The summed E-state index contributed by atoms with van der Waals surface area (Å²) in [4.78, 5) is 21.2. The Morgan fingerprint density at radius 2 is 2.25 bits per heavy atom. The molecule has 1 aromatic rings. The van der Waals surface area contributed by atoms with Crippen LogP contribution in [0.5, 0.6) is 0 Å². The SMILES string of the molecule is NC(=O)C(C(=O)O)c1ccsc1. The van der Waals surface area contributed by atoms with Gasteiger partial charge in [-0.2, -0.15) is 11.3 Å². The number of carbonyl (C=O) groups excluding carboxylic acids is 1. The molecule has 12 heavy (non-hydrogen) atoms. The molecule has 0 fully saturated rings. The Balaban J connectivity index is 2.96. The van der Waals surface area contributed by atoms with Gasteiger partial charge in [0.05, 0.1) is 0 Å². The van der Waals surface area contributed by atoms with E-state index < -0.39 is 17.8 Å².